The van der Waals surface area contributed by atoms with Crippen molar-refractivity contribution in [2.45, 2.75) is 34.6 Å². The van der Waals surface area contributed by atoms with Gasteiger partial charge in [-0.05, 0) is 26.8 Å². The monoisotopic (exact) mass is 253 g/mol. The molecule has 0 aromatic rings. The highest BCUT2D eigenvalue weighted by molar-refractivity contribution is 5.80. The molecule has 0 heterocycles. The van der Waals surface area contributed by atoms with Crippen molar-refractivity contribution in [2.24, 2.45) is 5.92 Å². The Morgan fingerprint density at radius 3 is 2.22 bits per heavy atom. The van der Waals surface area contributed by atoms with Gasteiger partial charge in [-0.1, -0.05) is 19.1 Å². The van der Waals surface area contributed by atoms with Crippen molar-refractivity contribution in [3.8, 4) is 0 Å². The van der Waals surface area contributed by atoms with Gasteiger partial charge in [0.05, 0.1) is 5.92 Å². The number of esters is 1. The third-order valence-electron chi connectivity index (χ3n) is 2.50. The molecule has 1 unspecified atom stereocenters. The molecule has 0 N–H and O–H groups in total. The van der Waals surface area contributed by atoms with E-state index < -0.39 is 0 Å². The minimum atomic E-state index is -0.343. The zero-order valence-corrected chi connectivity index (χ0v) is 11.9. The highest BCUT2D eigenvalue weighted by Gasteiger charge is 2.14. The molecule has 0 saturated carbocycles. The molecule has 0 radical (unpaired) electrons. The van der Waals surface area contributed by atoms with Gasteiger partial charge in [0.25, 0.3) is 0 Å². The van der Waals surface area contributed by atoms with Crippen molar-refractivity contribution < 1.29 is 14.3 Å². The van der Waals surface area contributed by atoms with Crippen LogP contribution >= 0.6 is 0 Å². The van der Waals surface area contributed by atoms with E-state index in [2.05, 4.69) is 0 Å². The summed E-state index contributed by atoms with van der Waals surface area (Å²) in [7, 11) is 0. The van der Waals surface area contributed by atoms with Crippen LogP contribution in [-0.2, 0) is 14.3 Å². The summed E-state index contributed by atoms with van der Waals surface area (Å²) in [5, 5.41) is 0. The highest BCUT2D eigenvalue weighted by atomic mass is 16.5. The molecule has 18 heavy (non-hydrogen) atoms. The minimum absolute atomic E-state index is 0.106. The molecule has 4 heteroatoms. The van der Waals surface area contributed by atoms with Gasteiger partial charge in [0.1, 0.15) is 5.76 Å². The molecule has 1 atom stereocenters. The van der Waals surface area contributed by atoms with Crippen LogP contribution in [0.5, 0.6) is 0 Å². The molecule has 4 nitrogen and oxygen atoms in total. The van der Waals surface area contributed by atoms with Crippen LogP contribution in [-0.4, -0.2) is 29.9 Å². The van der Waals surface area contributed by atoms with E-state index in [1.54, 1.807) is 30.1 Å². The van der Waals surface area contributed by atoms with E-state index in [-0.39, 0.29) is 17.8 Å². The van der Waals surface area contributed by atoms with Gasteiger partial charge in [0.15, 0.2) is 0 Å². The number of rotatable bonds is 6. The Morgan fingerprint density at radius 1 is 1.22 bits per heavy atom. The summed E-state index contributed by atoms with van der Waals surface area (Å²) in [4.78, 5) is 24.4. The van der Waals surface area contributed by atoms with Gasteiger partial charge < -0.3 is 9.64 Å². The summed E-state index contributed by atoms with van der Waals surface area (Å²) < 4.78 is 4.86. The predicted molar refractivity (Wildman–Crippen MR) is 71.8 cm³/mol. The van der Waals surface area contributed by atoms with Gasteiger partial charge in [0.2, 0.25) is 5.91 Å². The Balaban J connectivity index is 4.42. The zero-order valence-electron chi connectivity index (χ0n) is 11.9. The molecule has 0 fully saturated rings. The lowest BCUT2D eigenvalue weighted by atomic mass is 10.1. The maximum absolute atomic E-state index is 11.9. The quantitative estimate of drug-likeness (QED) is 0.415. The third kappa shape index (κ3) is 6.23. The first-order valence-corrected chi connectivity index (χ1v) is 6.24. The lowest BCUT2D eigenvalue weighted by Crippen LogP contribution is -2.34. The molecule has 0 saturated heterocycles. The lowest BCUT2D eigenvalue weighted by Gasteiger charge is -2.21. The Morgan fingerprint density at radius 2 is 1.78 bits per heavy atom. The number of hydrogen-bond acceptors (Lipinski definition) is 3. The summed E-state index contributed by atoms with van der Waals surface area (Å²) in [5.41, 5.74) is 0. The predicted octanol–water partition coefficient (Wildman–Crippen LogP) is 2.51. The average Bonchev–Trinajstić information content (AvgIpc) is 2.29. The molecule has 0 aromatic carbocycles. The van der Waals surface area contributed by atoms with Gasteiger partial charge in [-0.2, -0.15) is 0 Å². The summed E-state index contributed by atoms with van der Waals surface area (Å²) in [6.07, 6.45) is 5.21. The Bertz CT molecular complexity index is 341. The maximum atomic E-state index is 11.9. The smallest absolute Gasteiger partial charge is 0.307 e. The van der Waals surface area contributed by atoms with Crippen LogP contribution in [0.25, 0.3) is 0 Å². The van der Waals surface area contributed by atoms with Crippen molar-refractivity contribution in [1.29, 1.82) is 0 Å². The normalized spacial score (nSPS) is 13.5. The summed E-state index contributed by atoms with van der Waals surface area (Å²) in [5.74, 6) is 0.103. The molecular weight excluding hydrogens is 230 g/mol. The number of amides is 1. The molecule has 0 bridgehead atoms. The van der Waals surface area contributed by atoms with Crippen molar-refractivity contribution in [3.63, 3.8) is 0 Å². The van der Waals surface area contributed by atoms with E-state index in [4.69, 9.17) is 4.74 Å². The average molecular weight is 253 g/mol. The molecule has 0 aromatic heterocycles. The zero-order chi connectivity index (χ0) is 14.1. The van der Waals surface area contributed by atoms with Gasteiger partial charge in [-0.15, -0.1) is 0 Å². The van der Waals surface area contributed by atoms with Crippen molar-refractivity contribution in [2.75, 3.05) is 13.1 Å². The number of hydrogen-bond donors (Lipinski definition) is 0. The first-order chi connectivity index (χ1) is 8.42. The van der Waals surface area contributed by atoms with E-state index in [1.807, 2.05) is 20.8 Å². The van der Waals surface area contributed by atoms with Crippen molar-refractivity contribution in [1.82, 2.24) is 4.90 Å². The van der Waals surface area contributed by atoms with E-state index >= 15 is 0 Å². The number of carbonyl (C=O) groups excluding carboxylic acids is 2. The molecule has 0 aliphatic carbocycles. The first-order valence-electron chi connectivity index (χ1n) is 6.24. The minimum Gasteiger partial charge on any atom is -0.432 e. The van der Waals surface area contributed by atoms with Crippen LogP contribution in [0, 0.1) is 5.92 Å². The molecular formula is C14H23NO3. The molecule has 1 amide bonds. The van der Waals surface area contributed by atoms with Crippen LogP contribution in [0.2, 0.25) is 0 Å². The third-order valence-corrected chi connectivity index (χ3v) is 2.50. The fourth-order valence-electron chi connectivity index (χ4n) is 1.52. The number of ether oxygens (including phenoxy) is 1. The fraction of sp³-hybridized carbons (Fsp3) is 0.571. The van der Waals surface area contributed by atoms with Gasteiger partial charge >= 0.3 is 5.97 Å². The maximum Gasteiger partial charge on any atom is 0.307 e. The Hall–Kier alpha value is -1.58. The summed E-state index contributed by atoms with van der Waals surface area (Å²) >= 11 is 0. The standard InChI is InChI=1S/C14H23NO3/c1-6-15(7-2)14(17)11(3)9-8-10-12(4)18-13(5)16/h8-11H,6-7H2,1-5H3. The second-order valence-corrected chi connectivity index (χ2v) is 4.06. The molecule has 0 rings (SSSR count). The topological polar surface area (TPSA) is 46.6 Å². The van der Waals surface area contributed by atoms with Gasteiger partial charge in [-0.25, -0.2) is 0 Å². The highest BCUT2D eigenvalue weighted by Crippen LogP contribution is 2.05. The van der Waals surface area contributed by atoms with E-state index in [0.29, 0.717) is 5.76 Å². The van der Waals surface area contributed by atoms with E-state index in [9.17, 15) is 9.59 Å². The SMILES string of the molecule is CCN(CC)C(=O)C(C)C=CC=C(C)OC(C)=O. The number of carbonyl (C=O) groups is 2. The Labute approximate surface area is 109 Å². The molecule has 102 valence electrons. The second-order valence-electron chi connectivity index (χ2n) is 4.06. The summed E-state index contributed by atoms with van der Waals surface area (Å²) in [6, 6.07) is 0. The van der Waals surface area contributed by atoms with Crippen LogP contribution in [0.4, 0.5) is 0 Å². The van der Waals surface area contributed by atoms with Crippen LogP contribution in [0.3, 0.4) is 0 Å². The Kier molecular flexibility index (Phi) is 7.76. The van der Waals surface area contributed by atoms with Crippen molar-refractivity contribution >= 4 is 11.9 Å². The number of allylic oxidation sites excluding steroid dienone is 3. The van der Waals surface area contributed by atoms with Gasteiger partial charge in [-0.3, -0.25) is 9.59 Å². The molecule has 0 aliphatic rings. The lowest BCUT2D eigenvalue weighted by molar-refractivity contribution is -0.137. The van der Waals surface area contributed by atoms with Crippen LogP contribution in [0.1, 0.15) is 34.6 Å². The van der Waals surface area contributed by atoms with Crippen LogP contribution in [0.15, 0.2) is 24.0 Å². The molecule has 0 spiro atoms. The summed E-state index contributed by atoms with van der Waals surface area (Å²) in [6.45, 7) is 10.3. The molecule has 0 aliphatic heterocycles. The van der Waals surface area contributed by atoms with Crippen LogP contribution < -0.4 is 0 Å². The first kappa shape index (κ1) is 16.4. The fourth-order valence-corrected chi connectivity index (χ4v) is 1.52. The second kappa shape index (κ2) is 8.50. The van der Waals surface area contributed by atoms with Crippen molar-refractivity contribution in [3.05, 3.63) is 24.0 Å². The van der Waals surface area contributed by atoms with E-state index in [0.717, 1.165) is 13.1 Å². The largest absolute Gasteiger partial charge is 0.432 e. The van der Waals surface area contributed by atoms with Gasteiger partial charge in [0, 0.05) is 20.0 Å². The number of nitrogens with zero attached hydrogens (tertiary/aromatic N) is 1. The van der Waals surface area contributed by atoms with E-state index in [1.165, 1.54) is 6.92 Å².